The van der Waals surface area contributed by atoms with E-state index in [1.165, 1.54) is 11.8 Å². The maximum atomic E-state index is 12.1. The van der Waals surface area contributed by atoms with Gasteiger partial charge >= 0.3 is 5.97 Å². The van der Waals surface area contributed by atoms with Gasteiger partial charge in [-0.25, -0.2) is 14.8 Å². The van der Waals surface area contributed by atoms with Crippen molar-refractivity contribution in [1.29, 1.82) is 0 Å². The number of ether oxygens (including phenoxy) is 1. The van der Waals surface area contributed by atoms with Crippen molar-refractivity contribution >= 4 is 46.0 Å². The maximum absolute atomic E-state index is 12.1. The van der Waals surface area contributed by atoms with E-state index in [9.17, 15) is 4.79 Å². The van der Waals surface area contributed by atoms with Gasteiger partial charge in [0, 0.05) is 11.1 Å². The van der Waals surface area contributed by atoms with Crippen molar-refractivity contribution in [1.82, 2.24) is 15.0 Å². The summed E-state index contributed by atoms with van der Waals surface area (Å²) >= 11 is 3.10. The maximum Gasteiger partial charge on any atom is 0.342 e. The summed E-state index contributed by atoms with van der Waals surface area (Å²) in [5.74, 6) is 1.20. The number of aryl methyl sites for hydroxylation is 2. The van der Waals surface area contributed by atoms with Crippen LogP contribution in [-0.4, -0.2) is 27.5 Å². The van der Waals surface area contributed by atoms with E-state index in [-0.39, 0.29) is 12.4 Å². The van der Waals surface area contributed by atoms with E-state index in [1.807, 2.05) is 12.3 Å². The molecule has 0 saturated heterocycles. The Kier molecular flexibility index (Phi) is 4.72. The Hall–Kier alpha value is -2.13. The number of carbonyl (C=O) groups excluding carboxylic acids is 1. The zero-order chi connectivity index (χ0) is 17.3. The molecule has 0 aliphatic rings. The molecule has 0 atom stereocenters. The second-order valence-electron chi connectivity index (χ2n) is 5.00. The average Bonchev–Trinajstić information content (AvgIpc) is 3.08. The summed E-state index contributed by atoms with van der Waals surface area (Å²) in [6, 6.07) is 0. The number of rotatable bonds is 5. The van der Waals surface area contributed by atoms with Gasteiger partial charge in [0.15, 0.2) is 4.34 Å². The molecule has 24 heavy (non-hydrogen) atoms. The number of fused-ring (bicyclic) bond motifs is 1. The van der Waals surface area contributed by atoms with E-state index in [2.05, 4.69) is 15.0 Å². The highest BCUT2D eigenvalue weighted by Gasteiger charge is 2.23. The first-order valence-corrected chi connectivity index (χ1v) is 9.13. The zero-order valence-corrected chi connectivity index (χ0v) is 15.1. The molecule has 0 aromatic carbocycles. The fourth-order valence-electron chi connectivity index (χ4n) is 2.22. The first-order valence-electron chi connectivity index (χ1n) is 7.27. The summed E-state index contributed by atoms with van der Waals surface area (Å²) in [5.41, 5.74) is 7.61. The lowest BCUT2D eigenvalue weighted by molar-refractivity contribution is 0.0526. The van der Waals surface area contributed by atoms with Crippen LogP contribution in [0.5, 0.6) is 0 Å². The van der Waals surface area contributed by atoms with Gasteiger partial charge in [-0.2, -0.15) is 4.98 Å². The van der Waals surface area contributed by atoms with Crippen molar-refractivity contribution in [3.8, 4) is 0 Å². The third kappa shape index (κ3) is 3.22. The summed E-state index contributed by atoms with van der Waals surface area (Å²) in [5, 5.41) is 2.40. The van der Waals surface area contributed by atoms with Crippen molar-refractivity contribution in [3.63, 3.8) is 0 Å². The van der Waals surface area contributed by atoms with Gasteiger partial charge in [-0.15, -0.1) is 11.3 Å². The molecule has 3 heterocycles. The molecule has 0 radical (unpaired) electrons. The molecule has 3 aromatic rings. The average molecular weight is 364 g/mol. The van der Waals surface area contributed by atoms with Crippen molar-refractivity contribution < 1.29 is 13.9 Å². The predicted molar refractivity (Wildman–Crippen MR) is 93.3 cm³/mol. The fourth-order valence-corrected chi connectivity index (χ4v) is 3.93. The number of nitrogen functional groups attached to an aromatic ring is 1. The third-order valence-electron chi connectivity index (χ3n) is 3.20. The van der Waals surface area contributed by atoms with Gasteiger partial charge in [0.1, 0.15) is 23.0 Å². The van der Waals surface area contributed by atoms with Crippen LogP contribution in [0.25, 0.3) is 11.1 Å². The molecule has 0 aliphatic heterocycles. The summed E-state index contributed by atoms with van der Waals surface area (Å²) < 4.78 is 11.6. The Morgan fingerprint density at radius 1 is 1.38 bits per heavy atom. The van der Waals surface area contributed by atoms with Gasteiger partial charge in [-0.1, -0.05) is 11.8 Å². The first-order chi connectivity index (χ1) is 11.5. The lowest BCUT2D eigenvalue weighted by atomic mass is 10.2. The van der Waals surface area contributed by atoms with Gasteiger partial charge in [-0.05, 0) is 20.8 Å². The molecule has 3 aromatic heterocycles. The highest BCUT2D eigenvalue weighted by atomic mass is 32.2. The van der Waals surface area contributed by atoms with Crippen LogP contribution in [0.2, 0.25) is 0 Å². The topological polar surface area (TPSA) is 104 Å². The molecule has 3 rings (SSSR count). The highest BCUT2D eigenvalue weighted by Crippen LogP contribution is 2.31. The number of aromatic nitrogens is 3. The Bertz CT molecular complexity index is 904. The van der Waals surface area contributed by atoms with Crippen LogP contribution in [0.15, 0.2) is 14.1 Å². The number of hydrogen-bond donors (Lipinski definition) is 1. The SMILES string of the molecule is CCOC(=O)c1c(C)oc2nc(CSc3nc(C)cs3)nc(N)c12. The van der Waals surface area contributed by atoms with Crippen LogP contribution >= 0.6 is 23.1 Å². The van der Waals surface area contributed by atoms with Crippen LogP contribution in [0.3, 0.4) is 0 Å². The molecule has 0 fully saturated rings. The molecule has 9 heteroatoms. The highest BCUT2D eigenvalue weighted by molar-refractivity contribution is 8.00. The number of nitrogens with two attached hydrogens (primary N) is 1. The molecular weight excluding hydrogens is 348 g/mol. The fraction of sp³-hybridized carbons (Fsp3) is 0.333. The Labute approximate surface area is 146 Å². The summed E-state index contributed by atoms with van der Waals surface area (Å²) in [6.45, 7) is 5.64. The Morgan fingerprint density at radius 2 is 2.17 bits per heavy atom. The van der Waals surface area contributed by atoms with E-state index in [0.717, 1.165) is 10.0 Å². The van der Waals surface area contributed by atoms with Crippen LogP contribution in [-0.2, 0) is 10.5 Å². The molecule has 0 saturated carbocycles. The standard InChI is InChI=1S/C15H16N4O3S2/c1-4-21-14(20)10-8(3)22-13-11(10)12(16)18-9(19-13)6-24-15-17-7(2)5-23-15/h5H,4,6H2,1-3H3,(H2,16,18,19). The predicted octanol–water partition coefficient (Wildman–Crippen LogP) is 3.35. The van der Waals surface area contributed by atoms with Crippen molar-refractivity contribution in [2.45, 2.75) is 30.9 Å². The van der Waals surface area contributed by atoms with Gasteiger partial charge in [0.2, 0.25) is 5.71 Å². The molecule has 0 bridgehead atoms. The molecule has 0 spiro atoms. The van der Waals surface area contributed by atoms with Crippen molar-refractivity contribution in [3.05, 3.63) is 28.2 Å². The number of furan rings is 1. The van der Waals surface area contributed by atoms with E-state index in [1.54, 1.807) is 25.2 Å². The van der Waals surface area contributed by atoms with Crippen LogP contribution in [0.4, 0.5) is 5.82 Å². The smallest absolute Gasteiger partial charge is 0.342 e. The molecule has 0 amide bonds. The van der Waals surface area contributed by atoms with Crippen molar-refractivity contribution in [2.75, 3.05) is 12.3 Å². The third-order valence-corrected chi connectivity index (χ3v) is 5.34. The first kappa shape index (κ1) is 16.7. The monoisotopic (exact) mass is 364 g/mol. The normalized spacial score (nSPS) is 11.1. The van der Waals surface area contributed by atoms with E-state index in [0.29, 0.717) is 34.0 Å². The summed E-state index contributed by atoms with van der Waals surface area (Å²) in [7, 11) is 0. The quantitative estimate of drug-likeness (QED) is 0.543. The molecular formula is C15H16N4O3S2. The number of carbonyl (C=O) groups is 1. The minimum Gasteiger partial charge on any atom is -0.462 e. The summed E-state index contributed by atoms with van der Waals surface area (Å²) in [6.07, 6.45) is 0. The van der Waals surface area contributed by atoms with E-state index < -0.39 is 5.97 Å². The minimum atomic E-state index is -0.482. The van der Waals surface area contributed by atoms with Gasteiger partial charge in [0.05, 0.1) is 17.7 Å². The van der Waals surface area contributed by atoms with Crippen molar-refractivity contribution in [2.24, 2.45) is 0 Å². The number of thioether (sulfide) groups is 1. The number of hydrogen-bond acceptors (Lipinski definition) is 9. The Morgan fingerprint density at radius 3 is 2.83 bits per heavy atom. The Balaban J connectivity index is 1.91. The lowest BCUT2D eigenvalue weighted by Gasteiger charge is -2.03. The number of esters is 1. The zero-order valence-electron chi connectivity index (χ0n) is 13.5. The van der Waals surface area contributed by atoms with Crippen LogP contribution < -0.4 is 5.73 Å². The molecule has 0 unspecified atom stereocenters. The number of anilines is 1. The van der Waals surface area contributed by atoms with Crippen LogP contribution in [0.1, 0.15) is 34.6 Å². The molecule has 0 aliphatic carbocycles. The second-order valence-corrected chi connectivity index (χ2v) is 7.08. The van der Waals surface area contributed by atoms with Crippen LogP contribution in [0, 0.1) is 13.8 Å². The summed E-state index contributed by atoms with van der Waals surface area (Å²) in [4.78, 5) is 25.1. The van der Waals surface area contributed by atoms with Gasteiger partial charge in [0.25, 0.3) is 0 Å². The minimum absolute atomic E-state index is 0.214. The van der Waals surface area contributed by atoms with E-state index >= 15 is 0 Å². The largest absolute Gasteiger partial charge is 0.462 e. The molecule has 2 N–H and O–H groups in total. The van der Waals surface area contributed by atoms with Gasteiger partial charge in [-0.3, -0.25) is 0 Å². The van der Waals surface area contributed by atoms with E-state index in [4.69, 9.17) is 14.9 Å². The lowest BCUT2D eigenvalue weighted by Crippen LogP contribution is -2.07. The van der Waals surface area contributed by atoms with Gasteiger partial charge < -0.3 is 14.9 Å². The number of nitrogens with zero attached hydrogens (tertiary/aromatic N) is 3. The molecule has 126 valence electrons. The number of thiazole rings is 1. The molecule has 7 nitrogen and oxygen atoms in total. The second kappa shape index (κ2) is 6.78.